The van der Waals surface area contributed by atoms with Gasteiger partial charge in [0.05, 0.1) is 0 Å². The summed E-state index contributed by atoms with van der Waals surface area (Å²) < 4.78 is 0. The minimum Gasteiger partial charge on any atom is -0.370 e. The fourth-order valence-corrected chi connectivity index (χ4v) is 2.18. The van der Waals surface area contributed by atoms with E-state index in [2.05, 4.69) is 36.1 Å². The van der Waals surface area contributed by atoms with Crippen LogP contribution in [-0.4, -0.2) is 11.9 Å². The van der Waals surface area contributed by atoms with Gasteiger partial charge in [-0.1, -0.05) is 30.3 Å². The SMILES string of the molecule is CC(N)=O.NC1CCC(c2ccccc2)CC1. The third-order valence-electron chi connectivity index (χ3n) is 3.04. The van der Waals surface area contributed by atoms with Gasteiger partial charge in [0.25, 0.3) is 0 Å². The van der Waals surface area contributed by atoms with Crippen LogP contribution < -0.4 is 11.5 Å². The van der Waals surface area contributed by atoms with Gasteiger partial charge in [-0.25, -0.2) is 0 Å². The lowest BCUT2D eigenvalue weighted by atomic mass is 9.82. The molecule has 3 heteroatoms. The third kappa shape index (κ3) is 5.50. The van der Waals surface area contributed by atoms with Crippen molar-refractivity contribution < 1.29 is 4.79 Å². The number of benzene rings is 1. The van der Waals surface area contributed by atoms with E-state index in [1.165, 1.54) is 38.2 Å². The van der Waals surface area contributed by atoms with Crippen LogP contribution in [-0.2, 0) is 4.79 Å². The molecular weight excluding hydrogens is 212 g/mol. The summed E-state index contributed by atoms with van der Waals surface area (Å²) in [4.78, 5) is 9.22. The molecule has 1 aliphatic rings. The number of carbonyl (C=O) groups excluding carboxylic acids is 1. The molecule has 1 amide bonds. The second kappa shape index (κ2) is 7.07. The molecule has 1 aromatic rings. The van der Waals surface area contributed by atoms with Gasteiger partial charge < -0.3 is 11.5 Å². The average Bonchev–Trinajstić information content (AvgIpc) is 2.30. The van der Waals surface area contributed by atoms with Crippen LogP contribution in [0, 0.1) is 0 Å². The molecule has 0 aromatic heterocycles. The van der Waals surface area contributed by atoms with Crippen molar-refractivity contribution in [1.29, 1.82) is 0 Å². The standard InChI is InChI=1S/C12H17N.C2H5NO/c13-12-8-6-11(7-9-12)10-4-2-1-3-5-10;1-2(3)4/h1-5,11-12H,6-9,13H2;1H3,(H2,3,4). The van der Waals surface area contributed by atoms with Gasteiger partial charge in [-0.15, -0.1) is 0 Å². The Kier molecular flexibility index (Phi) is 5.70. The van der Waals surface area contributed by atoms with E-state index >= 15 is 0 Å². The molecule has 1 aliphatic carbocycles. The number of hydrogen-bond acceptors (Lipinski definition) is 2. The molecule has 0 bridgehead atoms. The van der Waals surface area contributed by atoms with Crippen LogP contribution in [0.15, 0.2) is 30.3 Å². The van der Waals surface area contributed by atoms with Gasteiger partial charge in [-0.05, 0) is 37.2 Å². The van der Waals surface area contributed by atoms with Crippen LogP contribution in [0.5, 0.6) is 0 Å². The molecule has 1 aromatic carbocycles. The minimum absolute atomic E-state index is 0.333. The molecular formula is C14H22N2O. The van der Waals surface area contributed by atoms with Crippen LogP contribution in [0.2, 0.25) is 0 Å². The van der Waals surface area contributed by atoms with Crippen molar-refractivity contribution in [3.63, 3.8) is 0 Å². The molecule has 0 spiro atoms. The summed E-state index contributed by atoms with van der Waals surface area (Å²) in [6, 6.07) is 11.3. The predicted octanol–water partition coefficient (Wildman–Crippen LogP) is 2.16. The van der Waals surface area contributed by atoms with Gasteiger partial charge >= 0.3 is 0 Å². The van der Waals surface area contributed by atoms with Gasteiger partial charge in [-0.3, -0.25) is 4.79 Å². The highest BCUT2D eigenvalue weighted by Crippen LogP contribution is 2.31. The van der Waals surface area contributed by atoms with Crippen molar-refractivity contribution in [2.75, 3.05) is 0 Å². The lowest BCUT2D eigenvalue weighted by Gasteiger charge is -2.26. The van der Waals surface area contributed by atoms with Crippen molar-refractivity contribution in [2.45, 2.75) is 44.6 Å². The highest BCUT2D eigenvalue weighted by Gasteiger charge is 2.19. The summed E-state index contributed by atoms with van der Waals surface area (Å²) in [5.74, 6) is 0.431. The van der Waals surface area contributed by atoms with Crippen LogP contribution >= 0.6 is 0 Å². The van der Waals surface area contributed by atoms with Crippen molar-refractivity contribution in [2.24, 2.45) is 11.5 Å². The molecule has 1 saturated carbocycles. The number of nitrogens with two attached hydrogens (primary N) is 2. The van der Waals surface area contributed by atoms with Gasteiger partial charge in [0, 0.05) is 13.0 Å². The number of carbonyl (C=O) groups is 1. The van der Waals surface area contributed by atoms with Crippen molar-refractivity contribution >= 4 is 5.91 Å². The fourth-order valence-electron chi connectivity index (χ4n) is 2.18. The second-order valence-electron chi connectivity index (χ2n) is 4.63. The lowest BCUT2D eigenvalue weighted by Crippen LogP contribution is -2.25. The zero-order chi connectivity index (χ0) is 12.7. The Morgan fingerprint density at radius 2 is 1.59 bits per heavy atom. The first-order valence-electron chi connectivity index (χ1n) is 6.16. The number of amides is 1. The van der Waals surface area contributed by atoms with Gasteiger partial charge in [0.15, 0.2) is 0 Å². The lowest BCUT2D eigenvalue weighted by molar-refractivity contribution is -0.115. The largest absolute Gasteiger partial charge is 0.370 e. The highest BCUT2D eigenvalue weighted by atomic mass is 16.1. The minimum atomic E-state index is -0.333. The molecule has 4 N–H and O–H groups in total. The molecule has 3 nitrogen and oxygen atoms in total. The van der Waals surface area contributed by atoms with Gasteiger partial charge in [0.1, 0.15) is 0 Å². The summed E-state index contributed by atoms with van der Waals surface area (Å²) in [7, 11) is 0. The predicted molar refractivity (Wildman–Crippen MR) is 70.5 cm³/mol. The zero-order valence-electron chi connectivity index (χ0n) is 10.4. The molecule has 0 unspecified atom stereocenters. The first-order valence-corrected chi connectivity index (χ1v) is 6.16. The average molecular weight is 234 g/mol. The van der Waals surface area contributed by atoms with Crippen LogP contribution in [0.25, 0.3) is 0 Å². The Hall–Kier alpha value is -1.35. The van der Waals surface area contributed by atoms with Crippen molar-refractivity contribution in [3.05, 3.63) is 35.9 Å². The molecule has 2 rings (SSSR count). The van der Waals surface area contributed by atoms with E-state index in [4.69, 9.17) is 5.73 Å². The fraction of sp³-hybridized carbons (Fsp3) is 0.500. The molecule has 0 heterocycles. The number of rotatable bonds is 1. The van der Waals surface area contributed by atoms with E-state index in [1.54, 1.807) is 0 Å². The van der Waals surface area contributed by atoms with Gasteiger partial charge in [-0.2, -0.15) is 0 Å². The summed E-state index contributed by atoms with van der Waals surface area (Å²) in [6.45, 7) is 1.31. The Morgan fingerprint density at radius 1 is 1.12 bits per heavy atom. The Bertz CT molecular complexity index is 325. The Morgan fingerprint density at radius 3 is 2.06 bits per heavy atom. The summed E-state index contributed by atoms with van der Waals surface area (Å²) in [6.07, 6.45) is 4.93. The van der Waals surface area contributed by atoms with Crippen LogP contribution in [0.4, 0.5) is 0 Å². The van der Waals surface area contributed by atoms with Crippen LogP contribution in [0.3, 0.4) is 0 Å². The number of hydrogen-bond donors (Lipinski definition) is 2. The zero-order valence-corrected chi connectivity index (χ0v) is 10.4. The molecule has 0 aliphatic heterocycles. The normalized spacial score (nSPS) is 23.4. The maximum absolute atomic E-state index is 9.22. The van der Waals surface area contributed by atoms with E-state index in [-0.39, 0.29) is 5.91 Å². The van der Waals surface area contributed by atoms with E-state index in [9.17, 15) is 4.79 Å². The first-order chi connectivity index (χ1) is 8.09. The van der Waals surface area contributed by atoms with E-state index < -0.39 is 0 Å². The Labute approximate surface area is 103 Å². The molecule has 0 radical (unpaired) electrons. The molecule has 0 atom stereocenters. The third-order valence-corrected chi connectivity index (χ3v) is 3.04. The van der Waals surface area contributed by atoms with E-state index in [0.717, 1.165) is 5.92 Å². The first kappa shape index (κ1) is 13.7. The molecule has 1 fully saturated rings. The highest BCUT2D eigenvalue weighted by molar-refractivity contribution is 5.70. The topological polar surface area (TPSA) is 69.1 Å². The van der Waals surface area contributed by atoms with E-state index in [1.807, 2.05) is 0 Å². The summed E-state index contributed by atoms with van der Waals surface area (Å²) in [5.41, 5.74) is 11.8. The quantitative estimate of drug-likeness (QED) is 0.781. The van der Waals surface area contributed by atoms with Crippen LogP contribution in [0.1, 0.15) is 44.1 Å². The molecule has 94 valence electrons. The van der Waals surface area contributed by atoms with Gasteiger partial charge in [0.2, 0.25) is 5.91 Å². The molecule has 0 saturated heterocycles. The molecule has 17 heavy (non-hydrogen) atoms. The summed E-state index contributed by atoms with van der Waals surface area (Å²) in [5, 5.41) is 0. The smallest absolute Gasteiger partial charge is 0.214 e. The maximum Gasteiger partial charge on any atom is 0.214 e. The maximum atomic E-state index is 9.22. The number of primary amides is 1. The Balaban J connectivity index is 0.000000317. The van der Waals surface area contributed by atoms with Crippen molar-refractivity contribution in [1.82, 2.24) is 0 Å². The second-order valence-corrected chi connectivity index (χ2v) is 4.63. The van der Waals surface area contributed by atoms with Crippen molar-refractivity contribution in [3.8, 4) is 0 Å². The van der Waals surface area contributed by atoms with E-state index in [0.29, 0.717) is 6.04 Å². The summed E-state index contributed by atoms with van der Waals surface area (Å²) >= 11 is 0. The monoisotopic (exact) mass is 234 g/mol.